The van der Waals surface area contributed by atoms with Crippen LogP contribution in [-0.4, -0.2) is 33.4 Å². The molecule has 0 atom stereocenters. The topological polar surface area (TPSA) is 54.0 Å². The molecule has 0 aliphatic carbocycles. The molecule has 2 rings (SSSR count). The van der Waals surface area contributed by atoms with E-state index in [9.17, 15) is 4.79 Å². The average molecular weight is 363 g/mol. The number of methoxy groups -OCH3 is 2. The number of halogens is 1. The highest BCUT2D eigenvalue weighted by molar-refractivity contribution is 6.30. The van der Waals surface area contributed by atoms with Crippen LogP contribution in [0.2, 0.25) is 5.02 Å². The van der Waals surface area contributed by atoms with Crippen molar-refractivity contribution >= 4 is 23.6 Å². The summed E-state index contributed by atoms with van der Waals surface area (Å²) in [6.45, 7) is 0.741. The van der Waals surface area contributed by atoms with Gasteiger partial charge in [0.05, 0.1) is 14.2 Å². The highest BCUT2D eigenvalue weighted by Crippen LogP contribution is 2.28. The van der Waals surface area contributed by atoms with Gasteiger partial charge in [0.1, 0.15) is 19.0 Å². The van der Waals surface area contributed by atoms with E-state index in [0.717, 1.165) is 11.3 Å². The molecule has 0 fully saturated rings. The van der Waals surface area contributed by atoms with Crippen molar-refractivity contribution in [3.8, 4) is 17.2 Å². The zero-order chi connectivity index (χ0) is 18.1. The molecule has 0 aliphatic rings. The smallest absolute Gasteiger partial charge is 0.330 e. The quantitative estimate of drug-likeness (QED) is 0.403. The lowest BCUT2D eigenvalue weighted by Crippen LogP contribution is -2.09. The van der Waals surface area contributed by atoms with Crippen LogP contribution >= 0.6 is 11.6 Å². The third-order valence-corrected chi connectivity index (χ3v) is 3.48. The van der Waals surface area contributed by atoms with Crippen LogP contribution in [0, 0.1) is 0 Å². The van der Waals surface area contributed by atoms with Gasteiger partial charge in [-0.05, 0) is 48.0 Å². The van der Waals surface area contributed by atoms with Crippen molar-refractivity contribution in [2.75, 3.05) is 27.4 Å². The number of rotatable bonds is 8. The Balaban J connectivity index is 1.89. The third kappa shape index (κ3) is 6.04. The fourth-order valence-electron chi connectivity index (χ4n) is 1.98. The maximum Gasteiger partial charge on any atom is 0.330 e. The summed E-state index contributed by atoms with van der Waals surface area (Å²) in [6, 6.07) is 12.5. The van der Waals surface area contributed by atoms with Gasteiger partial charge >= 0.3 is 5.97 Å². The molecule has 0 amide bonds. The van der Waals surface area contributed by atoms with Gasteiger partial charge in [0.2, 0.25) is 0 Å². The molecular weight excluding hydrogens is 344 g/mol. The van der Waals surface area contributed by atoms with Crippen LogP contribution in [-0.2, 0) is 9.53 Å². The van der Waals surface area contributed by atoms with Crippen molar-refractivity contribution in [1.29, 1.82) is 0 Å². The number of ether oxygens (including phenoxy) is 4. The Kier molecular flexibility index (Phi) is 7.16. The van der Waals surface area contributed by atoms with Gasteiger partial charge in [-0.25, -0.2) is 4.79 Å². The predicted molar refractivity (Wildman–Crippen MR) is 96.5 cm³/mol. The van der Waals surface area contributed by atoms with Crippen molar-refractivity contribution in [2.45, 2.75) is 0 Å². The number of hydrogen-bond donors (Lipinski definition) is 0. The van der Waals surface area contributed by atoms with E-state index in [2.05, 4.69) is 4.74 Å². The molecule has 0 unspecified atom stereocenters. The van der Waals surface area contributed by atoms with Crippen molar-refractivity contribution in [3.05, 3.63) is 59.1 Å². The van der Waals surface area contributed by atoms with E-state index in [1.807, 2.05) is 6.07 Å². The van der Waals surface area contributed by atoms with Gasteiger partial charge in [-0.2, -0.15) is 0 Å². The fraction of sp³-hybridized carbons (Fsp3) is 0.211. The van der Waals surface area contributed by atoms with E-state index >= 15 is 0 Å². The third-order valence-electron chi connectivity index (χ3n) is 3.22. The van der Waals surface area contributed by atoms with Crippen molar-refractivity contribution < 1.29 is 23.7 Å². The van der Waals surface area contributed by atoms with Gasteiger partial charge in [0.15, 0.2) is 11.5 Å². The molecule has 2 aromatic carbocycles. The van der Waals surface area contributed by atoms with Gasteiger partial charge in [0.25, 0.3) is 0 Å². The molecule has 0 spiro atoms. The Labute approximate surface area is 151 Å². The summed E-state index contributed by atoms with van der Waals surface area (Å²) >= 11 is 5.82. The van der Waals surface area contributed by atoms with Crippen LogP contribution in [0.1, 0.15) is 5.56 Å². The largest absolute Gasteiger partial charge is 0.493 e. The van der Waals surface area contributed by atoms with Gasteiger partial charge in [-0.3, -0.25) is 0 Å². The molecule has 0 bridgehead atoms. The Morgan fingerprint density at radius 2 is 1.72 bits per heavy atom. The summed E-state index contributed by atoms with van der Waals surface area (Å²) in [5.41, 5.74) is 0.798. The summed E-state index contributed by atoms with van der Waals surface area (Å²) in [4.78, 5) is 11.1. The number of benzene rings is 2. The standard InChI is InChI=1S/C19H19ClO5/c1-22-18-13-14(4-10-19(21)23-2)3-9-17(18)25-12-11-24-16-7-5-15(20)6-8-16/h3-10,13H,11-12H2,1-2H3/b10-4+. The Morgan fingerprint density at radius 3 is 2.40 bits per heavy atom. The minimum atomic E-state index is -0.418. The summed E-state index contributed by atoms with van der Waals surface area (Å²) in [7, 11) is 2.89. The van der Waals surface area contributed by atoms with Crippen LogP contribution in [0.5, 0.6) is 17.2 Å². The summed E-state index contributed by atoms with van der Waals surface area (Å²) in [5, 5.41) is 0.662. The molecule has 0 radical (unpaired) electrons. The van der Waals surface area contributed by atoms with Gasteiger partial charge in [-0.15, -0.1) is 0 Å². The molecule has 0 N–H and O–H groups in total. The minimum absolute atomic E-state index is 0.357. The molecule has 2 aromatic rings. The first-order valence-corrected chi connectivity index (χ1v) is 7.95. The molecular formula is C19H19ClO5. The molecule has 0 aromatic heterocycles. The van der Waals surface area contributed by atoms with E-state index in [-0.39, 0.29) is 0 Å². The number of carbonyl (C=O) groups excluding carboxylic acids is 1. The second kappa shape index (κ2) is 9.59. The molecule has 0 heterocycles. The molecule has 0 saturated carbocycles. The van der Waals surface area contributed by atoms with E-state index < -0.39 is 5.97 Å². The Bertz CT molecular complexity index is 725. The van der Waals surface area contributed by atoms with E-state index in [1.54, 1.807) is 49.6 Å². The maximum absolute atomic E-state index is 11.1. The molecule has 132 valence electrons. The molecule has 5 nitrogen and oxygen atoms in total. The van der Waals surface area contributed by atoms with Crippen molar-refractivity contribution in [3.63, 3.8) is 0 Å². The Morgan fingerprint density at radius 1 is 1.00 bits per heavy atom. The number of hydrogen-bond acceptors (Lipinski definition) is 5. The zero-order valence-corrected chi connectivity index (χ0v) is 14.8. The first kappa shape index (κ1) is 18.7. The highest BCUT2D eigenvalue weighted by Gasteiger charge is 2.05. The lowest BCUT2D eigenvalue weighted by atomic mass is 10.2. The van der Waals surface area contributed by atoms with E-state index in [1.165, 1.54) is 13.2 Å². The van der Waals surface area contributed by atoms with Crippen LogP contribution < -0.4 is 14.2 Å². The van der Waals surface area contributed by atoms with Gasteiger partial charge in [0, 0.05) is 11.1 Å². The minimum Gasteiger partial charge on any atom is -0.493 e. The molecule has 6 heteroatoms. The van der Waals surface area contributed by atoms with Crippen molar-refractivity contribution in [2.24, 2.45) is 0 Å². The average Bonchev–Trinajstić information content (AvgIpc) is 2.65. The first-order chi connectivity index (χ1) is 12.1. The fourth-order valence-corrected chi connectivity index (χ4v) is 2.11. The molecule has 0 aliphatic heterocycles. The van der Waals surface area contributed by atoms with E-state index in [0.29, 0.717) is 29.7 Å². The van der Waals surface area contributed by atoms with Crippen LogP contribution in [0.15, 0.2) is 48.5 Å². The molecule has 0 saturated heterocycles. The normalized spacial score (nSPS) is 10.5. The van der Waals surface area contributed by atoms with Crippen LogP contribution in [0.4, 0.5) is 0 Å². The first-order valence-electron chi connectivity index (χ1n) is 7.57. The SMILES string of the molecule is COC(=O)/C=C/c1ccc(OCCOc2ccc(Cl)cc2)c(OC)c1. The second-order valence-corrected chi connectivity index (χ2v) is 5.35. The predicted octanol–water partition coefficient (Wildman–Crippen LogP) is 3.99. The molecule has 25 heavy (non-hydrogen) atoms. The number of carbonyl (C=O) groups is 1. The lowest BCUT2D eigenvalue weighted by molar-refractivity contribution is -0.134. The van der Waals surface area contributed by atoms with Gasteiger partial charge in [-0.1, -0.05) is 17.7 Å². The zero-order valence-electron chi connectivity index (χ0n) is 14.0. The summed E-state index contributed by atoms with van der Waals surface area (Å²) in [5.74, 6) is 1.47. The Hall–Kier alpha value is -2.66. The van der Waals surface area contributed by atoms with Crippen LogP contribution in [0.25, 0.3) is 6.08 Å². The second-order valence-electron chi connectivity index (χ2n) is 4.92. The lowest BCUT2D eigenvalue weighted by Gasteiger charge is -2.12. The van der Waals surface area contributed by atoms with Crippen molar-refractivity contribution in [1.82, 2.24) is 0 Å². The maximum atomic E-state index is 11.1. The summed E-state index contributed by atoms with van der Waals surface area (Å²) in [6.07, 6.45) is 2.98. The number of esters is 1. The van der Waals surface area contributed by atoms with Crippen LogP contribution in [0.3, 0.4) is 0 Å². The highest BCUT2D eigenvalue weighted by atomic mass is 35.5. The van der Waals surface area contributed by atoms with Gasteiger partial charge < -0.3 is 18.9 Å². The summed E-state index contributed by atoms with van der Waals surface area (Å²) < 4.78 is 21.1. The van der Waals surface area contributed by atoms with E-state index in [4.69, 9.17) is 25.8 Å². The monoisotopic (exact) mass is 362 g/mol.